The van der Waals surface area contributed by atoms with Gasteiger partial charge in [-0.2, -0.15) is 0 Å². The van der Waals surface area contributed by atoms with Gasteiger partial charge in [0, 0.05) is 37.3 Å². The van der Waals surface area contributed by atoms with Crippen LogP contribution in [-0.4, -0.2) is 68.5 Å². The Labute approximate surface area is 219 Å². The monoisotopic (exact) mass is 535 g/mol. The molecule has 202 valence electrons. The van der Waals surface area contributed by atoms with Crippen LogP contribution in [0.4, 0.5) is 14.6 Å². The number of carbonyl (C=O) groups excluding carboxylic acids is 2. The van der Waals surface area contributed by atoms with E-state index in [0.29, 0.717) is 35.6 Å². The van der Waals surface area contributed by atoms with Gasteiger partial charge in [0.25, 0.3) is 17.7 Å². The summed E-state index contributed by atoms with van der Waals surface area (Å²) in [5.74, 6) is -3.17. The first kappa shape index (κ1) is 27.4. The Hall–Kier alpha value is -2.66. The number of aromatic nitrogens is 2. The molecule has 1 saturated carbocycles. The molecule has 2 aromatic rings. The van der Waals surface area contributed by atoms with Crippen LogP contribution < -0.4 is 10.6 Å². The Balaban J connectivity index is 1.65. The first-order chi connectivity index (χ1) is 17.4. The Morgan fingerprint density at radius 1 is 1.27 bits per heavy atom. The van der Waals surface area contributed by atoms with E-state index in [1.807, 2.05) is 13.8 Å². The molecule has 0 radical (unpaired) electrons. The number of hydrogen-bond donors (Lipinski definition) is 3. The Morgan fingerprint density at radius 3 is 2.65 bits per heavy atom. The maximum atomic E-state index is 14.3. The molecule has 1 aliphatic carbocycles. The highest BCUT2D eigenvalue weighted by Crippen LogP contribution is 2.37. The summed E-state index contributed by atoms with van der Waals surface area (Å²) < 4.78 is 28.7. The molecule has 1 aliphatic heterocycles. The van der Waals surface area contributed by atoms with E-state index < -0.39 is 23.5 Å². The number of aryl methyl sites for hydroxylation is 1. The van der Waals surface area contributed by atoms with E-state index in [9.17, 15) is 23.5 Å². The fourth-order valence-electron chi connectivity index (χ4n) is 4.81. The summed E-state index contributed by atoms with van der Waals surface area (Å²) in [6, 6.07) is 0.792. The van der Waals surface area contributed by atoms with E-state index in [4.69, 9.17) is 0 Å². The number of aliphatic hydroxyl groups is 1. The Morgan fingerprint density at radius 2 is 2.03 bits per heavy atom. The second-order valence-corrected chi connectivity index (χ2v) is 11.8. The van der Waals surface area contributed by atoms with Crippen molar-refractivity contribution in [2.45, 2.75) is 89.8 Å². The molecule has 11 heteroatoms. The minimum Gasteiger partial charge on any atom is -0.389 e. The summed E-state index contributed by atoms with van der Waals surface area (Å²) >= 11 is 1.08. The van der Waals surface area contributed by atoms with Crippen molar-refractivity contribution in [2.75, 3.05) is 18.4 Å². The predicted molar refractivity (Wildman–Crippen MR) is 139 cm³/mol. The van der Waals surface area contributed by atoms with Gasteiger partial charge in [-0.3, -0.25) is 9.59 Å². The fraction of sp³-hybridized carbons (Fsp3) is 0.615. The summed E-state index contributed by atoms with van der Waals surface area (Å²) in [7, 11) is 0. The topological polar surface area (TPSA) is 107 Å². The van der Waals surface area contributed by atoms with Crippen LogP contribution in [0.3, 0.4) is 0 Å². The SMILES string of the molecule is Cc1cc(N[C@@H]2CCCCC2(F)F)ncc1-c1sc(C(=O)NCC(C)(C)O)nc1C(=O)N1CCC[C@@H]1C. The molecule has 3 heterocycles. The predicted octanol–water partition coefficient (Wildman–Crippen LogP) is 4.63. The lowest BCUT2D eigenvalue weighted by molar-refractivity contribution is -0.0449. The number of pyridine rings is 1. The zero-order valence-electron chi connectivity index (χ0n) is 21.7. The third kappa shape index (κ3) is 6.26. The molecule has 0 spiro atoms. The molecule has 0 aromatic carbocycles. The molecule has 0 unspecified atom stereocenters. The average Bonchev–Trinajstić information content (AvgIpc) is 3.45. The van der Waals surface area contributed by atoms with E-state index in [0.717, 1.165) is 36.2 Å². The highest BCUT2D eigenvalue weighted by molar-refractivity contribution is 7.17. The van der Waals surface area contributed by atoms with Gasteiger partial charge >= 0.3 is 0 Å². The third-order valence-corrected chi connectivity index (χ3v) is 8.05. The molecular formula is C26H35F2N5O3S. The number of amides is 2. The van der Waals surface area contributed by atoms with Gasteiger partial charge in [-0.1, -0.05) is 6.42 Å². The Kier molecular flexibility index (Phi) is 7.85. The number of thiazole rings is 1. The number of carbonyl (C=O) groups is 2. The van der Waals surface area contributed by atoms with Crippen molar-refractivity contribution in [1.82, 2.24) is 20.2 Å². The molecule has 2 fully saturated rings. The van der Waals surface area contributed by atoms with Crippen LogP contribution in [0.25, 0.3) is 10.4 Å². The fourth-order valence-corrected chi connectivity index (χ4v) is 5.86. The molecule has 1 saturated heterocycles. The quantitative estimate of drug-likeness (QED) is 0.477. The van der Waals surface area contributed by atoms with E-state index in [1.54, 1.807) is 31.0 Å². The van der Waals surface area contributed by atoms with Crippen molar-refractivity contribution in [1.29, 1.82) is 0 Å². The molecule has 2 aromatic heterocycles. The van der Waals surface area contributed by atoms with Crippen LogP contribution in [0.2, 0.25) is 0 Å². The zero-order chi connectivity index (χ0) is 27.0. The summed E-state index contributed by atoms with van der Waals surface area (Å²) in [4.78, 5) is 37.4. The van der Waals surface area contributed by atoms with Crippen molar-refractivity contribution in [3.05, 3.63) is 28.5 Å². The smallest absolute Gasteiger partial charge is 0.280 e. The minimum atomic E-state index is -2.79. The van der Waals surface area contributed by atoms with Gasteiger partial charge in [0.1, 0.15) is 11.5 Å². The molecule has 0 bridgehead atoms. The lowest BCUT2D eigenvalue weighted by Crippen LogP contribution is -2.42. The second kappa shape index (κ2) is 10.6. The van der Waals surface area contributed by atoms with E-state index in [1.165, 1.54) is 0 Å². The van der Waals surface area contributed by atoms with Crippen LogP contribution in [0, 0.1) is 6.92 Å². The van der Waals surface area contributed by atoms with E-state index >= 15 is 0 Å². The third-order valence-electron chi connectivity index (χ3n) is 6.96. The Bertz CT molecular complexity index is 1160. The highest BCUT2D eigenvalue weighted by Gasteiger charge is 2.41. The van der Waals surface area contributed by atoms with E-state index in [2.05, 4.69) is 20.6 Å². The number of hydrogen-bond acceptors (Lipinski definition) is 7. The van der Waals surface area contributed by atoms with Crippen LogP contribution in [0.5, 0.6) is 0 Å². The van der Waals surface area contributed by atoms with Crippen LogP contribution in [-0.2, 0) is 0 Å². The first-order valence-corrected chi connectivity index (χ1v) is 13.6. The number of anilines is 1. The van der Waals surface area contributed by atoms with Gasteiger partial charge in [0.2, 0.25) is 0 Å². The van der Waals surface area contributed by atoms with Crippen molar-refractivity contribution >= 4 is 29.0 Å². The van der Waals surface area contributed by atoms with E-state index in [-0.39, 0.29) is 35.6 Å². The molecule has 2 aliphatic rings. The first-order valence-electron chi connectivity index (χ1n) is 12.8. The molecular weight excluding hydrogens is 500 g/mol. The number of likely N-dealkylation sites (tertiary alicyclic amines) is 1. The van der Waals surface area contributed by atoms with Crippen molar-refractivity contribution < 1.29 is 23.5 Å². The van der Waals surface area contributed by atoms with Crippen molar-refractivity contribution in [2.24, 2.45) is 0 Å². The minimum absolute atomic E-state index is 0.0277. The maximum Gasteiger partial charge on any atom is 0.280 e. The number of nitrogens with one attached hydrogen (secondary N) is 2. The van der Waals surface area contributed by atoms with Gasteiger partial charge in [0.05, 0.1) is 16.5 Å². The van der Waals surface area contributed by atoms with Crippen molar-refractivity contribution in [3.8, 4) is 10.4 Å². The summed E-state index contributed by atoms with van der Waals surface area (Å²) in [6.45, 7) is 7.62. The number of nitrogens with zero attached hydrogens (tertiary/aromatic N) is 3. The summed E-state index contributed by atoms with van der Waals surface area (Å²) in [6.07, 6.45) is 4.84. The molecule has 8 nitrogen and oxygen atoms in total. The number of alkyl halides is 2. The molecule has 2 atom stereocenters. The van der Waals surface area contributed by atoms with Gasteiger partial charge in [-0.25, -0.2) is 18.7 Å². The van der Waals surface area contributed by atoms with Gasteiger partial charge < -0.3 is 20.6 Å². The molecule has 4 rings (SSSR count). The second-order valence-electron chi connectivity index (χ2n) is 10.8. The summed E-state index contributed by atoms with van der Waals surface area (Å²) in [5.41, 5.74) is 0.428. The van der Waals surface area contributed by atoms with Gasteiger partial charge in [0.15, 0.2) is 5.01 Å². The summed E-state index contributed by atoms with van der Waals surface area (Å²) in [5, 5.41) is 15.6. The van der Waals surface area contributed by atoms with Gasteiger partial charge in [-0.15, -0.1) is 11.3 Å². The normalized spacial score (nSPS) is 21.6. The lowest BCUT2D eigenvalue weighted by atomic mass is 9.91. The highest BCUT2D eigenvalue weighted by atomic mass is 32.1. The zero-order valence-corrected chi connectivity index (χ0v) is 22.6. The van der Waals surface area contributed by atoms with Crippen LogP contribution in [0.1, 0.15) is 85.2 Å². The number of rotatable bonds is 7. The number of halogens is 2. The molecule has 2 amide bonds. The molecule has 37 heavy (non-hydrogen) atoms. The van der Waals surface area contributed by atoms with Crippen LogP contribution in [0.15, 0.2) is 12.3 Å². The van der Waals surface area contributed by atoms with Crippen molar-refractivity contribution in [3.63, 3.8) is 0 Å². The van der Waals surface area contributed by atoms with Crippen LogP contribution >= 0.6 is 11.3 Å². The lowest BCUT2D eigenvalue weighted by Gasteiger charge is -2.32. The standard InChI is InChI=1S/C26H35F2N5O3S/c1-15-12-19(31-18-9-5-6-10-26(18,27)28)29-13-17(15)21-20(24(35)33-11-7-8-16(33)2)32-23(37-21)22(34)30-14-25(3,4)36/h12-13,16,18,36H,5-11,14H2,1-4H3,(H,29,31)(H,30,34)/t16-,18+/m0/s1. The van der Waals surface area contributed by atoms with Gasteiger partial charge in [-0.05, 0) is 65.0 Å². The maximum absolute atomic E-state index is 14.3. The largest absolute Gasteiger partial charge is 0.389 e. The average molecular weight is 536 g/mol. The molecule has 3 N–H and O–H groups in total.